The summed E-state index contributed by atoms with van der Waals surface area (Å²) in [5.41, 5.74) is 1.86. The van der Waals surface area contributed by atoms with Crippen molar-refractivity contribution in [1.29, 1.82) is 0 Å². The van der Waals surface area contributed by atoms with Crippen LogP contribution in [0.25, 0.3) is 11.4 Å². The molecule has 0 aromatic carbocycles. The van der Waals surface area contributed by atoms with E-state index in [0.29, 0.717) is 21.1 Å². The molecule has 3 aromatic rings. The number of anilines is 1. The minimum atomic E-state index is -0.308. The van der Waals surface area contributed by atoms with Crippen molar-refractivity contribution < 1.29 is 9.52 Å². The molecule has 0 saturated heterocycles. The zero-order valence-electron chi connectivity index (χ0n) is 10.8. The molecule has 0 fully saturated rings. The third-order valence-electron chi connectivity index (χ3n) is 2.72. The Labute approximate surface area is 124 Å². The number of carbonyl (C=O) groups excluding carboxylic acids is 1. The number of hydrogen-bond donors (Lipinski definition) is 1. The van der Waals surface area contributed by atoms with Crippen LogP contribution in [0.5, 0.6) is 0 Å². The number of thiazole rings is 1. The Morgan fingerprint density at radius 1 is 1.19 bits per heavy atom. The maximum absolute atomic E-state index is 12.0. The molecular formula is C14H10N4O2S. The van der Waals surface area contributed by atoms with Crippen molar-refractivity contribution in [1.82, 2.24) is 9.97 Å². The molecule has 7 heteroatoms. The quantitative estimate of drug-likeness (QED) is 0.593. The normalized spacial score (nSPS) is 10.3. The largest absolute Gasteiger partial charge is 0.619 e. The van der Waals surface area contributed by atoms with Crippen molar-refractivity contribution in [3.05, 3.63) is 65.1 Å². The molecule has 0 aliphatic carbocycles. The van der Waals surface area contributed by atoms with E-state index < -0.39 is 0 Å². The summed E-state index contributed by atoms with van der Waals surface area (Å²) in [6, 6.07) is 8.47. The molecule has 3 rings (SSSR count). The molecule has 21 heavy (non-hydrogen) atoms. The van der Waals surface area contributed by atoms with Gasteiger partial charge < -0.3 is 5.21 Å². The maximum Gasteiger partial charge on any atom is 0.257 e. The van der Waals surface area contributed by atoms with Gasteiger partial charge in [-0.15, -0.1) is 11.3 Å². The van der Waals surface area contributed by atoms with Crippen LogP contribution in [0.15, 0.2) is 54.3 Å². The van der Waals surface area contributed by atoms with Crippen LogP contribution in [0.3, 0.4) is 0 Å². The van der Waals surface area contributed by atoms with Crippen LogP contribution in [0.1, 0.15) is 10.4 Å². The number of aromatic nitrogens is 3. The van der Waals surface area contributed by atoms with Crippen LogP contribution in [0, 0.1) is 5.21 Å². The van der Waals surface area contributed by atoms with E-state index in [4.69, 9.17) is 0 Å². The van der Waals surface area contributed by atoms with Crippen LogP contribution in [0.2, 0.25) is 0 Å². The zero-order chi connectivity index (χ0) is 14.7. The molecule has 104 valence electrons. The highest BCUT2D eigenvalue weighted by Crippen LogP contribution is 2.23. The third-order valence-corrected chi connectivity index (χ3v) is 3.47. The SMILES string of the molecule is O=C(Nc1nc(-c2ccccn2)cs1)c1cc[n+]([O-])cc1. The number of carbonyl (C=O) groups is 1. The molecule has 0 spiro atoms. The van der Waals surface area contributed by atoms with E-state index in [1.807, 2.05) is 23.6 Å². The number of hydrogen-bond acceptors (Lipinski definition) is 5. The predicted octanol–water partition coefficient (Wildman–Crippen LogP) is 2.09. The minimum absolute atomic E-state index is 0.308. The Morgan fingerprint density at radius 3 is 2.71 bits per heavy atom. The summed E-state index contributed by atoms with van der Waals surface area (Å²) in [6.45, 7) is 0. The van der Waals surface area contributed by atoms with E-state index in [2.05, 4.69) is 15.3 Å². The van der Waals surface area contributed by atoms with Crippen LogP contribution in [-0.2, 0) is 0 Å². The summed E-state index contributed by atoms with van der Waals surface area (Å²) in [5.74, 6) is -0.308. The van der Waals surface area contributed by atoms with Gasteiger partial charge in [-0.25, -0.2) is 4.98 Å². The first-order chi connectivity index (χ1) is 10.2. The topological polar surface area (TPSA) is 81.8 Å². The first-order valence-electron chi connectivity index (χ1n) is 6.09. The molecule has 0 atom stereocenters. The fourth-order valence-electron chi connectivity index (χ4n) is 1.70. The van der Waals surface area contributed by atoms with E-state index in [9.17, 15) is 10.0 Å². The Hall–Kier alpha value is -2.80. The van der Waals surface area contributed by atoms with Gasteiger partial charge in [0.15, 0.2) is 17.5 Å². The summed E-state index contributed by atoms with van der Waals surface area (Å²) in [6.07, 6.45) is 4.24. The van der Waals surface area contributed by atoms with Gasteiger partial charge in [0.2, 0.25) is 0 Å². The standard InChI is InChI=1S/C14H10N4O2S/c19-13(10-4-7-18(20)8-5-10)17-14-16-12(9-21-14)11-3-1-2-6-15-11/h1-9H,(H,16,17,19). The summed E-state index contributed by atoms with van der Waals surface area (Å²) in [7, 11) is 0. The molecule has 0 radical (unpaired) electrons. The second-order valence-electron chi connectivity index (χ2n) is 4.15. The number of nitrogens with one attached hydrogen (secondary N) is 1. The van der Waals surface area contributed by atoms with Gasteiger partial charge >= 0.3 is 0 Å². The first-order valence-corrected chi connectivity index (χ1v) is 6.97. The van der Waals surface area contributed by atoms with Crippen molar-refractivity contribution in [2.75, 3.05) is 5.32 Å². The molecule has 0 aliphatic rings. The molecule has 0 bridgehead atoms. The molecule has 0 saturated carbocycles. The zero-order valence-corrected chi connectivity index (χ0v) is 11.6. The van der Waals surface area contributed by atoms with Crippen LogP contribution in [-0.4, -0.2) is 15.9 Å². The van der Waals surface area contributed by atoms with Gasteiger partial charge in [0.05, 0.1) is 11.3 Å². The van der Waals surface area contributed by atoms with Crippen LogP contribution >= 0.6 is 11.3 Å². The number of amides is 1. The lowest BCUT2D eigenvalue weighted by Crippen LogP contribution is -2.25. The number of pyridine rings is 2. The summed E-state index contributed by atoms with van der Waals surface area (Å²) >= 11 is 1.32. The Balaban J connectivity index is 1.75. The van der Waals surface area contributed by atoms with Crippen LogP contribution < -0.4 is 10.0 Å². The lowest BCUT2D eigenvalue weighted by Gasteiger charge is -2.01. The summed E-state index contributed by atoms with van der Waals surface area (Å²) < 4.78 is 0.624. The van der Waals surface area contributed by atoms with Crippen molar-refractivity contribution in [3.8, 4) is 11.4 Å². The average molecular weight is 298 g/mol. The fourth-order valence-corrected chi connectivity index (χ4v) is 2.40. The fraction of sp³-hybridized carbons (Fsp3) is 0. The third kappa shape index (κ3) is 3.03. The average Bonchev–Trinajstić information content (AvgIpc) is 2.97. The Bertz CT molecular complexity index is 756. The van der Waals surface area contributed by atoms with Gasteiger partial charge in [-0.2, -0.15) is 4.73 Å². The highest BCUT2D eigenvalue weighted by atomic mass is 32.1. The molecule has 0 unspecified atom stereocenters. The molecule has 6 nitrogen and oxygen atoms in total. The first kappa shape index (κ1) is 13.2. The molecule has 3 aromatic heterocycles. The van der Waals surface area contributed by atoms with Crippen LogP contribution in [0.4, 0.5) is 5.13 Å². The molecule has 1 N–H and O–H groups in total. The van der Waals surface area contributed by atoms with Gasteiger partial charge in [-0.3, -0.25) is 15.1 Å². The van der Waals surface area contributed by atoms with Crippen molar-refractivity contribution >= 4 is 22.4 Å². The van der Waals surface area contributed by atoms with E-state index in [1.165, 1.54) is 35.9 Å². The maximum atomic E-state index is 12.0. The smallest absolute Gasteiger partial charge is 0.257 e. The van der Waals surface area contributed by atoms with E-state index >= 15 is 0 Å². The van der Waals surface area contributed by atoms with Gasteiger partial charge in [0, 0.05) is 23.7 Å². The van der Waals surface area contributed by atoms with Crippen molar-refractivity contribution in [2.45, 2.75) is 0 Å². The predicted molar refractivity (Wildman–Crippen MR) is 78.7 cm³/mol. The minimum Gasteiger partial charge on any atom is -0.619 e. The van der Waals surface area contributed by atoms with E-state index in [1.54, 1.807) is 6.20 Å². The summed E-state index contributed by atoms with van der Waals surface area (Å²) in [4.78, 5) is 20.5. The second-order valence-corrected chi connectivity index (χ2v) is 5.01. The molecule has 3 heterocycles. The monoisotopic (exact) mass is 298 g/mol. The molecular weight excluding hydrogens is 288 g/mol. The second kappa shape index (κ2) is 5.68. The van der Waals surface area contributed by atoms with E-state index in [-0.39, 0.29) is 5.91 Å². The van der Waals surface area contributed by atoms with Gasteiger partial charge in [-0.05, 0) is 12.1 Å². The van der Waals surface area contributed by atoms with E-state index in [0.717, 1.165) is 5.69 Å². The Morgan fingerprint density at radius 2 is 2.00 bits per heavy atom. The van der Waals surface area contributed by atoms with Gasteiger partial charge in [0.25, 0.3) is 5.91 Å². The Kier molecular flexibility index (Phi) is 3.57. The molecule has 1 amide bonds. The van der Waals surface area contributed by atoms with Gasteiger partial charge in [-0.1, -0.05) is 6.07 Å². The number of nitrogens with zero attached hydrogens (tertiary/aromatic N) is 3. The highest BCUT2D eigenvalue weighted by molar-refractivity contribution is 7.14. The van der Waals surface area contributed by atoms with Crippen molar-refractivity contribution in [3.63, 3.8) is 0 Å². The molecule has 0 aliphatic heterocycles. The highest BCUT2D eigenvalue weighted by Gasteiger charge is 2.11. The summed E-state index contributed by atoms with van der Waals surface area (Å²) in [5, 5.41) is 15.9. The number of rotatable bonds is 3. The van der Waals surface area contributed by atoms with Crippen molar-refractivity contribution in [2.24, 2.45) is 0 Å². The lowest BCUT2D eigenvalue weighted by molar-refractivity contribution is -0.605. The van der Waals surface area contributed by atoms with Gasteiger partial charge in [0.1, 0.15) is 5.69 Å². The lowest BCUT2D eigenvalue weighted by atomic mass is 10.2.